The Morgan fingerprint density at radius 1 is 1.03 bits per heavy atom. The lowest BCUT2D eigenvalue weighted by Gasteiger charge is -2.27. The summed E-state index contributed by atoms with van der Waals surface area (Å²) in [4.78, 5) is 11.5. The van der Waals surface area contributed by atoms with Gasteiger partial charge in [-0.15, -0.1) is 0 Å². The monoisotopic (exact) mass is 521 g/mol. The summed E-state index contributed by atoms with van der Waals surface area (Å²) in [5.74, 6) is -3.09. The summed E-state index contributed by atoms with van der Waals surface area (Å²) >= 11 is 0. The molecule has 0 aliphatic rings. The van der Waals surface area contributed by atoms with E-state index < -0.39 is 35.9 Å². The molecule has 0 bridgehead atoms. The van der Waals surface area contributed by atoms with Crippen LogP contribution >= 0.6 is 0 Å². The molecule has 1 amide bonds. The molecule has 0 radical (unpaired) electrons. The first-order valence-corrected chi connectivity index (χ1v) is 10.7. The number of hydrogen-bond donors (Lipinski definition) is 1. The van der Waals surface area contributed by atoms with Crippen LogP contribution in [0.15, 0.2) is 66.9 Å². The van der Waals surface area contributed by atoms with E-state index in [4.69, 9.17) is 9.47 Å². The molecule has 0 saturated carbocycles. The number of carbonyl (C=O) groups is 1. The standard InChI is InChI=1S/C25H20F5N3O3.CH4/c1-14(32-24(34)25(28,29)30)23(15-3-10-22(35-2)20(27)12-15)36-19-8-9-21-16(11-19)13-31-33(21)18-6-4-17(26)5-7-18;/h3-14,23H,1-2H3,(H,32,34);1H4/t14-,23-;/m0./s1. The minimum absolute atomic E-state index is 0. The number of nitrogens with one attached hydrogen (secondary N) is 1. The Bertz CT molecular complexity index is 1390. The Morgan fingerprint density at radius 2 is 1.73 bits per heavy atom. The molecule has 0 aliphatic carbocycles. The summed E-state index contributed by atoms with van der Waals surface area (Å²) in [7, 11) is 1.28. The summed E-state index contributed by atoms with van der Waals surface area (Å²) in [6, 6.07) is 13.2. The van der Waals surface area contributed by atoms with Crippen molar-refractivity contribution < 1.29 is 36.2 Å². The quantitative estimate of drug-likeness (QED) is 0.297. The Kier molecular flexibility index (Phi) is 8.05. The molecular formula is C26H24F5N3O3. The largest absolute Gasteiger partial charge is 0.494 e. The summed E-state index contributed by atoms with van der Waals surface area (Å²) < 4.78 is 78.6. The highest BCUT2D eigenvalue weighted by atomic mass is 19.4. The molecule has 0 aliphatic heterocycles. The number of fused-ring (bicyclic) bond motifs is 1. The molecule has 1 heterocycles. The maximum absolute atomic E-state index is 14.4. The number of methoxy groups -OCH3 is 1. The second-order valence-electron chi connectivity index (χ2n) is 7.95. The third-order valence-corrected chi connectivity index (χ3v) is 5.45. The van der Waals surface area contributed by atoms with Gasteiger partial charge in [0.15, 0.2) is 11.6 Å². The lowest BCUT2D eigenvalue weighted by Crippen LogP contribution is -2.45. The Balaban J connectivity index is 0.00000380. The average Bonchev–Trinajstić information content (AvgIpc) is 3.25. The SMILES string of the molecule is C.COc1ccc([C@@H](Oc2ccc3c(cnn3-c3ccc(F)cc3)c2)[C@H](C)NC(=O)C(F)(F)F)cc1F. The van der Waals surface area contributed by atoms with Crippen molar-refractivity contribution >= 4 is 16.8 Å². The van der Waals surface area contributed by atoms with E-state index in [9.17, 15) is 26.7 Å². The van der Waals surface area contributed by atoms with Crippen molar-refractivity contribution in [2.75, 3.05) is 7.11 Å². The van der Waals surface area contributed by atoms with Crippen LogP contribution in [0.1, 0.15) is 26.0 Å². The van der Waals surface area contributed by atoms with E-state index in [2.05, 4.69) is 5.10 Å². The molecule has 4 rings (SSSR count). The van der Waals surface area contributed by atoms with E-state index in [0.29, 0.717) is 16.6 Å². The van der Waals surface area contributed by atoms with Crippen molar-refractivity contribution in [3.8, 4) is 17.2 Å². The third kappa shape index (κ3) is 5.99. The normalized spacial score (nSPS) is 12.9. The molecule has 0 spiro atoms. The maximum Gasteiger partial charge on any atom is 0.471 e. The van der Waals surface area contributed by atoms with Gasteiger partial charge in [-0.1, -0.05) is 13.5 Å². The topological polar surface area (TPSA) is 65.4 Å². The fourth-order valence-electron chi connectivity index (χ4n) is 3.70. The molecule has 0 saturated heterocycles. The minimum Gasteiger partial charge on any atom is -0.494 e. The molecule has 1 N–H and O–H groups in total. The molecule has 2 atom stereocenters. The van der Waals surface area contributed by atoms with Crippen molar-refractivity contribution in [3.05, 3.63) is 84.1 Å². The number of rotatable bonds is 7. The van der Waals surface area contributed by atoms with E-state index in [-0.39, 0.29) is 24.5 Å². The number of nitrogens with zero attached hydrogens (tertiary/aromatic N) is 2. The van der Waals surface area contributed by atoms with E-state index in [0.717, 1.165) is 6.07 Å². The van der Waals surface area contributed by atoms with Crippen LogP contribution in [0.3, 0.4) is 0 Å². The van der Waals surface area contributed by atoms with E-state index in [1.54, 1.807) is 41.2 Å². The van der Waals surface area contributed by atoms with E-state index >= 15 is 0 Å². The third-order valence-electron chi connectivity index (χ3n) is 5.45. The van der Waals surface area contributed by atoms with Crippen LogP contribution in [0.4, 0.5) is 22.0 Å². The van der Waals surface area contributed by atoms with Gasteiger partial charge in [0.2, 0.25) is 0 Å². The van der Waals surface area contributed by atoms with E-state index in [1.165, 1.54) is 38.3 Å². The molecule has 37 heavy (non-hydrogen) atoms. The van der Waals surface area contributed by atoms with Gasteiger partial charge in [0.1, 0.15) is 17.7 Å². The number of aromatic nitrogens is 2. The molecule has 0 fully saturated rings. The lowest BCUT2D eigenvalue weighted by molar-refractivity contribution is -0.174. The second-order valence-corrected chi connectivity index (χ2v) is 7.95. The number of carbonyl (C=O) groups excluding carboxylic acids is 1. The number of amides is 1. The minimum atomic E-state index is -5.10. The number of hydrogen-bond acceptors (Lipinski definition) is 4. The second kappa shape index (κ2) is 10.9. The first kappa shape index (κ1) is 27.4. The molecule has 1 aromatic heterocycles. The smallest absolute Gasteiger partial charge is 0.471 e. The highest BCUT2D eigenvalue weighted by Gasteiger charge is 2.40. The Hall–Kier alpha value is -4.15. The Labute approximate surface area is 209 Å². The van der Waals surface area contributed by atoms with Crippen molar-refractivity contribution in [2.24, 2.45) is 0 Å². The molecule has 196 valence electrons. The maximum atomic E-state index is 14.4. The summed E-state index contributed by atoms with van der Waals surface area (Å²) in [6.45, 7) is 1.32. The summed E-state index contributed by atoms with van der Waals surface area (Å²) in [5.41, 5.74) is 1.47. The van der Waals surface area contributed by atoms with Crippen LogP contribution < -0.4 is 14.8 Å². The zero-order valence-corrected chi connectivity index (χ0v) is 19.0. The lowest BCUT2D eigenvalue weighted by atomic mass is 10.0. The van der Waals surface area contributed by atoms with Gasteiger partial charge >= 0.3 is 12.1 Å². The predicted molar refractivity (Wildman–Crippen MR) is 128 cm³/mol. The van der Waals surface area contributed by atoms with Crippen molar-refractivity contribution in [1.29, 1.82) is 0 Å². The molecular weight excluding hydrogens is 497 g/mol. The zero-order chi connectivity index (χ0) is 26.0. The molecule has 11 heteroatoms. The first-order valence-electron chi connectivity index (χ1n) is 10.7. The van der Waals surface area contributed by atoms with Gasteiger partial charge in [-0.2, -0.15) is 18.3 Å². The fourth-order valence-corrected chi connectivity index (χ4v) is 3.70. The van der Waals surface area contributed by atoms with E-state index in [1.807, 2.05) is 5.32 Å². The van der Waals surface area contributed by atoms with Gasteiger partial charge in [-0.05, 0) is 67.1 Å². The highest BCUT2D eigenvalue weighted by molar-refractivity contribution is 5.82. The van der Waals surface area contributed by atoms with Gasteiger partial charge in [0.25, 0.3) is 0 Å². The van der Waals surface area contributed by atoms with Crippen LogP contribution in [0.2, 0.25) is 0 Å². The predicted octanol–water partition coefficient (Wildman–Crippen LogP) is 6.14. The van der Waals surface area contributed by atoms with Crippen LogP contribution in [0.5, 0.6) is 11.5 Å². The Morgan fingerprint density at radius 3 is 2.35 bits per heavy atom. The van der Waals surface area contributed by atoms with Gasteiger partial charge < -0.3 is 14.8 Å². The number of benzene rings is 3. The summed E-state index contributed by atoms with van der Waals surface area (Å²) in [5, 5.41) is 6.79. The zero-order valence-electron chi connectivity index (χ0n) is 19.0. The van der Waals surface area contributed by atoms with Gasteiger partial charge in [-0.25, -0.2) is 13.5 Å². The van der Waals surface area contributed by atoms with Crippen LogP contribution in [-0.2, 0) is 4.79 Å². The van der Waals surface area contributed by atoms with Gasteiger partial charge in [-0.3, -0.25) is 4.79 Å². The number of ether oxygens (including phenoxy) is 2. The van der Waals surface area contributed by atoms with Gasteiger partial charge in [0.05, 0.1) is 30.6 Å². The molecule has 0 unspecified atom stereocenters. The molecule has 4 aromatic rings. The van der Waals surface area contributed by atoms with Crippen molar-refractivity contribution in [3.63, 3.8) is 0 Å². The summed E-state index contributed by atoms with van der Waals surface area (Å²) in [6.07, 6.45) is -4.73. The highest BCUT2D eigenvalue weighted by Crippen LogP contribution is 2.31. The molecule has 6 nitrogen and oxygen atoms in total. The van der Waals surface area contributed by atoms with Crippen molar-refractivity contribution in [1.82, 2.24) is 15.1 Å². The van der Waals surface area contributed by atoms with Crippen LogP contribution in [-0.4, -0.2) is 35.0 Å². The van der Waals surface area contributed by atoms with Crippen LogP contribution in [0, 0.1) is 11.6 Å². The average molecular weight is 521 g/mol. The molecule has 3 aromatic carbocycles. The number of alkyl halides is 3. The first-order chi connectivity index (χ1) is 17.1. The van der Waals surface area contributed by atoms with Crippen molar-refractivity contribution in [2.45, 2.75) is 32.7 Å². The number of halogens is 5. The van der Waals surface area contributed by atoms with Gasteiger partial charge in [0, 0.05) is 5.39 Å². The van der Waals surface area contributed by atoms with Crippen LogP contribution in [0.25, 0.3) is 16.6 Å². The fraction of sp³-hybridized carbons (Fsp3) is 0.231.